The van der Waals surface area contributed by atoms with E-state index in [2.05, 4.69) is 15.5 Å². The number of hydrogen-bond acceptors (Lipinski definition) is 6. The van der Waals surface area contributed by atoms with Crippen LogP contribution in [-0.4, -0.2) is 34.6 Å². The van der Waals surface area contributed by atoms with E-state index in [1.165, 1.54) is 12.1 Å². The molecular formula is C17H17F3N4O2. The van der Waals surface area contributed by atoms with Gasteiger partial charge in [0, 0.05) is 6.54 Å². The molecule has 138 valence electrons. The molecule has 9 heteroatoms. The van der Waals surface area contributed by atoms with Gasteiger partial charge in [-0.2, -0.15) is 23.5 Å². The molecule has 0 bridgehead atoms. The zero-order chi connectivity index (χ0) is 19.3. The Morgan fingerprint density at radius 3 is 2.69 bits per heavy atom. The highest BCUT2D eigenvalue weighted by Crippen LogP contribution is 2.31. The van der Waals surface area contributed by atoms with Crippen LogP contribution >= 0.6 is 0 Å². The Morgan fingerprint density at radius 1 is 1.31 bits per heavy atom. The summed E-state index contributed by atoms with van der Waals surface area (Å²) in [6, 6.07) is 6.43. The summed E-state index contributed by atoms with van der Waals surface area (Å²) in [6.45, 7) is 3.23. The number of aliphatic hydroxyl groups excluding tert-OH is 1. The highest BCUT2D eigenvalue weighted by atomic mass is 19.4. The van der Waals surface area contributed by atoms with Crippen molar-refractivity contribution < 1.29 is 23.0 Å². The van der Waals surface area contributed by atoms with Crippen molar-refractivity contribution in [3.8, 4) is 11.8 Å². The molecule has 0 aliphatic heterocycles. The molecule has 1 aromatic carbocycles. The third-order valence-corrected chi connectivity index (χ3v) is 3.68. The van der Waals surface area contributed by atoms with Crippen LogP contribution in [0.4, 0.5) is 19.0 Å². The monoisotopic (exact) mass is 366 g/mol. The number of ether oxygens (including phenoxy) is 1. The van der Waals surface area contributed by atoms with Gasteiger partial charge >= 0.3 is 6.18 Å². The first-order valence-corrected chi connectivity index (χ1v) is 7.68. The minimum atomic E-state index is -4.46. The Hall–Kier alpha value is -2.86. The van der Waals surface area contributed by atoms with Crippen molar-refractivity contribution in [3.05, 3.63) is 46.6 Å². The largest absolute Gasteiger partial charge is 0.491 e. The first-order valence-electron chi connectivity index (χ1n) is 7.68. The van der Waals surface area contributed by atoms with Crippen LogP contribution in [-0.2, 0) is 6.18 Å². The quantitative estimate of drug-likeness (QED) is 0.817. The molecule has 1 unspecified atom stereocenters. The lowest BCUT2D eigenvalue weighted by molar-refractivity contribution is -0.137. The molecule has 1 heterocycles. The molecule has 0 aliphatic rings. The molecule has 0 aliphatic carbocycles. The minimum absolute atomic E-state index is 0.00237. The lowest BCUT2D eigenvalue weighted by atomic mass is 10.1. The number of aliphatic hydroxyl groups is 1. The predicted octanol–water partition coefficient (Wildman–Crippen LogP) is 2.84. The number of halogens is 3. The SMILES string of the molecule is Cc1nnc(NCC(O)COc2cccc(C(F)(F)F)c2)c(C#N)c1C. The van der Waals surface area contributed by atoms with Gasteiger partial charge in [0.25, 0.3) is 0 Å². The van der Waals surface area contributed by atoms with E-state index < -0.39 is 17.8 Å². The van der Waals surface area contributed by atoms with Crippen molar-refractivity contribution in [2.75, 3.05) is 18.5 Å². The maximum Gasteiger partial charge on any atom is 0.416 e. The first kappa shape index (κ1) is 19.5. The molecule has 1 aromatic heterocycles. The van der Waals surface area contributed by atoms with E-state index in [0.717, 1.165) is 12.1 Å². The number of anilines is 1. The Labute approximate surface area is 148 Å². The number of alkyl halides is 3. The van der Waals surface area contributed by atoms with E-state index >= 15 is 0 Å². The van der Waals surface area contributed by atoms with Crippen molar-refractivity contribution in [2.24, 2.45) is 0 Å². The summed E-state index contributed by atoms with van der Waals surface area (Å²) in [6.07, 6.45) is -5.49. The number of benzene rings is 1. The molecule has 0 amide bonds. The summed E-state index contributed by atoms with van der Waals surface area (Å²) >= 11 is 0. The smallest absolute Gasteiger partial charge is 0.416 e. The molecule has 26 heavy (non-hydrogen) atoms. The van der Waals surface area contributed by atoms with Crippen molar-refractivity contribution >= 4 is 5.82 Å². The third-order valence-electron chi connectivity index (χ3n) is 3.68. The lowest BCUT2D eigenvalue weighted by Gasteiger charge is -2.15. The zero-order valence-corrected chi connectivity index (χ0v) is 14.1. The molecule has 0 spiro atoms. The molecule has 0 fully saturated rings. The molecule has 6 nitrogen and oxygen atoms in total. The maximum atomic E-state index is 12.7. The molecule has 0 saturated carbocycles. The summed E-state index contributed by atoms with van der Waals surface area (Å²) < 4.78 is 43.2. The van der Waals surface area contributed by atoms with Crippen LogP contribution in [0.5, 0.6) is 5.75 Å². The number of nitriles is 1. The van der Waals surface area contributed by atoms with Gasteiger partial charge < -0.3 is 15.2 Å². The fraction of sp³-hybridized carbons (Fsp3) is 0.353. The fourth-order valence-electron chi connectivity index (χ4n) is 2.10. The van der Waals surface area contributed by atoms with Gasteiger partial charge in [-0.05, 0) is 37.6 Å². The predicted molar refractivity (Wildman–Crippen MR) is 87.7 cm³/mol. The normalized spacial score (nSPS) is 12.3. The highest BCUT2D eigenvalue weighted by Gasteiger charge is 2.30. The second kappa shape index (κ2) is 8.01. The average Bonchev–Trinajstić information content (AvgIpc) is 2.60. The Kier molecular flexibility index (Phi) is 6.00. The number of hydrogen-bond donors (Lipinski definition) is 2. The highest BCUT2D eigenvalue weighted by molar-refractivity contribution is 5.55. The van der Waals surface area contributed by atoms with E-state index in [-0.39, 0.29) is 24.7 Å². The first-order chi connectivity index (χ1) is 12.2. The zero-order valence-electron chi connectivity index (χ0n) is 14.1. The average molecular weight is 366 g/mol. The number of aromatic nitrogens is 2. The van der Waals surface area contributed by atoms with E-state index in [1.807, 2.05) is 6.07 Å². The van der Waals surface area contributed by atoms with E-state index in [4.69, 9.17) is 4.74 Å². The van der Waals surface area contributed by atoms with Crippen molar-refractivity contribution in [1.29, 1.82) is 5.26 Å². The van der Waals surface area contributed by atoms with Crippen LogP contribution in [0.2, 0.25) is 0 Å². The summed E-state index contributed by atoms with van der Waals surface area (Å²) in [5.74, 6) is 0.233. The van der Waals surface area contributed by atoms with Crippen molar-refractivity contribution in [3.63, 3.8) is 0 Å². The van der Waals surface area contributed by atoms with Crippen molar-refractivity contribution in [1.82, 2.24) is 10.2 Å². The molecule has 0 radical (unpaired) electrons. The lowest BCUT2D eigenvalue weighted by Crippen LogP contribution is -2.27. The van der Waals surface area contributed by atoms with Crippen LogP contribution < -0.4 is 10.1 Å². The molecule has 2 N–H and O–H groups in total. The molecule has 1 atom stereocenters. The van der Waals surface area contributed by atoms with E-state index in [1.54, 1.807) is 13.8 Å². The summed E-state index contributed by atoms with van der Waals surface area (Å²) in [5, 5.41) is 29.7. The number of nitrogens with zero attached hydrogens (tertiary/aromatic N) is 3. The Balaban J connectivity index is 1.94. The van der Waals surface area contributed by atoms with Gasteiger partial charge in [-0.3, -0.25) is 0 Å². The van der Waals surface area contributed by atoms with Crippen molar-refractivity contribution in [2.45, 2.75) is 26.1 Å². The van der Waals surface area contributed by atoms with Gasteiger partial charge in [0.2, 0.25) is 0 Å². The molecule has 2 aromatic rings. The van der Waals surface area contributed by atoms with Crippen LogP contribution in [0.1, 0.15) is 22.4 Å². The van der Waals surface area contributed by atoms with Crippen LogP contribution in [0.15, 0.2) is 24.3 Å². The van der Waals surface area contributed by atoms with Crippen LogP contribution in [0.25, 0.3) is 0 Å². The summed E-state index contributed by atoms with van der Waals surface area (Å²) in [4.78, 5) is 0. The Morgan fingerprint density at radius 2 is 2.04 bits per heavy atom. The standard InChI is InChI=1S/C17H17F3N4O2/c1-10-11(2)23-24-16(15(10)7-21)22-8-13(25)9-26-14-5-3-4-12(6-14)17(18,19)20/h3-6,13,25H,8-9H2,1-2H3,(H,22,24). The van der Waals surface area contributed by atoms with Gasteiger partial charge in [0.05, 0.1) is 11.3 Å². The summed E-state index contributed by atoms with van der Waals surface area (Å²) in [5.41, 5.74) is 0.801. The van der Waals surface area contributed by atoms with Crippen LogP contribution in [0, 0.1) is 25.2 Å². The minimum Gasteiger partial charge on any atom is -0.491 e. The van der Waals surface area contributed by atoms with E-state index in [0.29, 0.717) is 16.8 Å². The third kappa shape index (κ3) is 4.83. The molecule has 2 rings (SSSR count). The topological polar surface area (TPSA) is 91.1 Å². The van der Waals surface area contributed by atoms with Gasteiger partial charge in [0.1, 0.15) is 30.1 Å². The second-order valence-corrected chi connectivity index (χ2v) is 5.62. The number of aryl methyl sites for hydroxylation is 1. The van der Waals surface area contributed by atoms with Gasteiger partial charge in [0.15, 0.2) is 5.82 Å². The van der Waals surface area contributed by atoms with Gasteiger partial charge in [-0.15, -0.1) is 5.10 Å². The Bertz CT molecular complexity index is 819. The van der Waals surface area contributed by atoms with E-state index in [9.17, 15) is 23.5 Å². The number of nitrogens with one attached hydrogen (secondary N) is 1. The van der Waals surface area contributed by atoms with Gasteiger partial charge in [-0.25, -0.2) is 0 Å². The summed E-state index contributed by atoms with van der Waals surface area (Å²) in [7, 11) is 0. The second-order valence-electron chi connectivity index (χ2n) is 5.62. The molecular weight excluding hydrogens is 349 g/mol. The fourth-order valence-corrected chi connectivity index (χ4v) is 2.10. The number of rotatable bonds is 6. The maximum absolute atomic E-state index is 12.7. The molecule has 0 saturated heterocycles. The van der Waals surface area contributed by atoms with Gasteiger partial charge in [-0.1, -0.05) is 6.07 Å². The van der Waals surface area contributed by atoms with Crippen LogP contribution in [0.3, 0.4) is 0 Å².